The summed E-state index contributed by atoms with van der Waals surface area (Å²) in [6, 6.07) is 4.71. The van der Waals surface area contributed by atoms with Crippen molar-refractivity contribution in [3.05, 3.63) is 35.3 Å². The predicted molar refractivity (Wildman–Crippen MR) is 83.2 cm³/mol. The second kappa shape index (κ2) is 17.7. The number of aromatic nitrogens is 1. The summed E-state index contributed by atoms with van der Waals surface area (Å²) < 4.78 is 15.7. The summed E-state index contributed by atoms with van der Waals surface area (Å²) in [6.07, 6.45) is 4.55. The zero-order chi connectivity index (χ0) is 18.8. The standard InChI is InChI=1S/C9H9NO4.C6H14N.H2O.O.V/c11-8(12)4-6-2-1-3-7(10-6)5-9(13)14;1-2-3-4-5-6-7;;;/h1-3H,4-5H2,(H,11,12)(H,13,14);7H,2-6H2,1H3;1H2;;/q;-1;;;+1/p-1. The number of aliphatic carboxylic acids is 2. The number of hydrogen-bond acceptors (Lipinski definition) is 4. The average molecular weight is 379 g/mol. The molecule has 0 aliphatic heterocycles. The van der Waals surface area contributed by atoms with E-state index in [1.807, 2.05) is 0 Å². The van der Waals surface area contributed by atoms with Crippen molar-refractivity contribution in [2.75, 3.05) is 6.54 Å². The summed E-state index contributed by atoms with van der Waals surface area (Å²) in [5, 5.41) is 17.0. The van der Waals surface area contributed by atoms with Crippen LogP contribution in [0.3, 0.4) is 0 Å². The molecule has 1 heterocycles. The molecule has 0 saturated heterocycles. The first kappa shape index (κ1) is 24.6. The molecule has 1 rings (SSSR count). The molecule has 1 aromatic heterocycles. The molecule has 9 heteroatoms. The van der Waals surface area contributed by atoms with Gasteiger partial charge in [0.1, 0.15) is 0 Å². The topological polar surface area (TPSA) is 149 Å². The van der Waals surface area contributed by atoms with E-state index in [-0.39, 0.29) is 12.8 Å². The minimum absolute atomic E-state index is 0.187. The molecule has 0 radical (unpaired) electrons. The Balaban J connectivity index is 0. The number of rotatable bonds is 8. The van der Waals surface area contributed by atoms with Crippen LogP contribution < -0.4 is 0 Å². The molecular weight excluding hydrogens is 355 g/mol. The van der Waals surface area contributed by atoms with Gasteiger partial charge in [-0.15, -0.1) is 0 Å². The quantitative estimate of drug-likeness (QED) is 0.587. The van der Waals surface area contributed by atoms with Gasteiger partial charge in [0.2, 0.25) is 0 Å². The van der Waals surface area contributed by atoms with Crippen molar-refractivity contribution in [1.29, 1.82) is 0 Å². The Kier molecular flexibility index (Phi) is 18.2. The molecule has 0 unspecified atom stereocenters. The van der Waals surface area contributed by atoms with Crippen molar-refractivity contribution in [3.8, 4) is 0 Å². The van der Waals surface area contributed by atoms with Crippen molar-refractivity contribution >= 4 is 11.9 Å². The summed E-state index contributed by atoms with van der Waals surface area (Å²) in [5.74, 6) is -1.96. The van der Waals surface area contributed by atoms with E-state index in [2.05, 4.69) is 11.9 Å². The van der Waals surface area contributed by atoms with Crippen LogP contribution in [0.2, 0.25) is 0 Å². The van der Waals surface area contributed by atoms with Crippen LogP contribution in [0.5, 0.6) is 0 Å². The van der Waals surface area contributed by atoms with Gasteiger partial charge in [0.15, 0.2) is 0 Å². The van der Waals surface area contributed by atoms with E-state index in [0.29, 0.717) is 17.9 Å². The Bertz CT molecular complexity index is 450. The van der Waals surface area contributed by atoms with E-state index in [9.17, 15) is 9.59 Å². The van der Waals surface area contributed by atoms with Gasteiger partial charge in [0.25, 0.3) is 0 Å². The number of hydrogen-bond donors (Lipinski definition) is 3. The van der Waals surface area contributed by atoms with Crippen molar-refractivity contribution < 1.29 is 44.1 Å². The summed E-state index contributed by atoms with van der Waals surface area (Å²) in [5.41, 5.74) is 7.52. The van der Waals surface area contributed by atoms with Crippen molar-refractivity contribution in [3.63, 3.8) is 0 Å². The van der Waals surface area contributed by atoms with Crippen LogP contribution in [-0.2, 0) is 42.7 Å². The first-order valence-electron chi connectivity index (χ1n) is 7.40. The summed E-state index contributed by atoms with van der Waals surface area (Å²) >= 11 is -1.56. The number of carboxylic acids is 2. The second-order valence-corrected chi connectivity index (χ2v) is 4.91. The molecule has 4 N–H and O–H groups in total. The first-order chi connectivity index (χ1) is 11.4. The Morgan fingerprint density at radius 1 is 1.08 bits per heavy atom. The Hall–Kier alpha value is -1.61. The molecule has 8 nitrogen and oxygen atoms in total. The van der Waals surface area contributed by atoms with Crippen molar-refractivity contribution in [1.82, 2.24) is 4.98 Å². The molecule has 0 bridgehead atoms. The zero-order valence-electron chi connectivity index (χ0n) is 13.6. The van der Waals surface area contributed by atoms with Crippen molar-refractivity contribution in [2.24, 2.45) is 0 Å². The van der Waals surface area contributed by atoms with Gasteiger partial charge in [-0.1, -0.05) is 38.7 Å². The molecule has 0 saturated carbocycles. The monoisotopic (exact) mass is 379 g/mol. The molecule has 0 atom stereocenters. The number of pyridine rings is 1. The van der Waals surface area contributed by atoms with Gasteiger partial charge in [0.05, 0.1) is 24.2 Å². The van der Waals surface area contributed by atoms with Crippen LogP contribution in [-0.4, -0.2) is 37.7 Å². The molecule has 0 aliphatic rings. The van der Waals surface area contributed by atoms with Crippen LogP contribution in [0, 0.1) is 0 Å². The van der Waals surface area contributed by atoms with E-state index in [0.717, 1.165) is 6.42 Å². The summed E-state index contributed by atoms with van der Waals surface area (Å²) in [7, 11) is 0. The fourth-order valence-electron chi connectivity index (χ4n) is 1.59. The van der Waals surface area contributed by atoms with Gasteiger partial charge >= 0.3 is 36.2 Å². The molecule has 136 valence electrons. The molecule has 24 heavy (non-hydrogen) atoms. The fourth-order valence-corrected chi connectivity index (χ4v) is 1.59. The molecule has 0 amide bonds. The second-order valence-electron chi connectivity index (χ2n) is 4.65. The average Bonchev–Trinajstić information content (AvgIpc) is 2.48. The van der Waals surface area contributed by atoms with Gasteiger partial charge in [-0.05, 0) is 12.1 Å². The molecule has 0 aromatic carbocycles. The van der Waals surface area contributed by atoms with Gasteiger partial charge in [-0.3, -0.25) is 14.6 Å². The number of carbonyl (C=O) groups is 2. The third-order valence-electron chi connectivity index (χ3n) is 2.56. The first-order valence-corrected chi connectivity index (χ1v) is 8.60. The van der Waals surface area contributed by atoms with Crippen LogP contribution in [0.25, 0.3) is 5.73 Å². The minimum atomic E-state index is -1.56. The number of carboxylic acid groups (broad SMARTS) is 2. The number of unbranched alkanes of at least 4 members (excludes halogenated alkanes) is 3. The van der Waals surface area contributed by atoms with Crippen LogP contribution in [0.15, 0.2) is 18.2 Å². The molecule has 1 aromatic rings. The normalized spacial score (nSPS) is 8.96. The third-order valence-corrected chi connectivity index (χ3v) is 2.56. The molecule has 0 fully saturated rings. The van der Waals surface area contributed by atoms with Gasteiger partial charge in [-0.2, -0.15) is 6.54 Å². The van der Waals surface area contributed by atoms with Crippen LogP contribution >= 0.6 is 0 Å². The van der Waals surface area contributed by atoms with E-state index in [1.54, 1.807) is 18.2 Å². The van der Waals surface area contributed by atoms with E-state index >= 15 is 0 Å². The summed E-state index contributed by atoms with van der Waals surface area (Å²) in [6.45, 7) is 2.80. The summed E-state index contributed by atoms with van der Waals surface area (Å²) in [4.78, 5) is 24.6. The number of nitrogens with one attached hydrogen (secondary N) is 1. The fraction of sp³-hybridized carbons (Fsp3) is 0.533. The van der Waals surface area contributed by atoms with E-state index in [4.69, 9.17) is 23.7 Å². The molecular formula is C15H24N2O6V-. The molecule has 0 aliphatic carbocycles. The maximum absolute atomic E-state index is 10.3. The SMILES string of the molecule is CCCCCC[NH-].O=C(O)Cc1cccc(CC(=O)O)n1.[O]=[V][OH]. The van der Waals surface area contributed by atoms with E-state index < -0.39 is 28.5 Å². The molecule has 0 spiro atoms. The third kappa shape index (κ3) is 18.4. The Morgan fingerprint density at radius 3 is 1.88 bits per heavy atom. The van der Waals surface area contributed by atoms with Crippen molar-refractivity contribution in [2.45, 2.75) is 45.4 Å². The van der Waals surface area contributed by atoms with Crippen LogP contribution in [0.4, 0.5) is 0 Å². The Labute approximate surface area is 148 Å². The maximum atomic E-state index is 10.3. The van der Waals surface area contributed by atoms with Crippen LogP contribution in [0.1, 0.15) is 44.0 Å². The zero-order valence-corrected chi connectivity index (χ0v) is 15.0. The van der Waals surface area contributed by atoms with Gasteiger partial charge in [-0.25, -0.2) is 0 Å². The van der Waals surface area contributed by atoms with E-state index in [1.165, 1.54) is 19.3 Å². The predicted octanol–water partition coefficient (Wildman–Crippen LogP) is 2.28. The van der Waals surface area contributed by atoms with Gasteiger partial charge in [0, 0.05) is 0 Å². The Morgan fingerprint density at radius 2 is 1.54 bits per heavy atom. The van der Waals surface area contributed by atoms with Gasteiger partial charge < -0.3 is 15.9 Å². The number of nitrogens with zero attached hydrogens (tertiary/aromatic N) is 1.